The monoisotopic (exact) mass is 179 g/mol. The van der Waals surface area contributed by atoms with E-state index in [0.717, 1.165) is 19.3 Å². The molecule has 0 saturated carbocycles. The predicted octanol–water partition coefficient (Wildman–Crippen LogP) is 2.18. The van der Waals surface area contributed by atoms with Crippen molar-refractivity contribution in [1.29, 1.82) is 0 Å². The maximum absolute atomic E-state index is 11.0. The van der Waals surface area contributed by atoms with E-state index in [-0.39, 0.29) is 5.91 Å². The van der Waals surface area contributed by atoms with E-state index in [0.29, 0.717) is 6.42 Å². The van der Waals surface area contributed by atoms with Gasteiger partial charge < -0.3 is 5.32 Å². The standard InChI is InChI=1S/C11H17NO/c1-9-3-5-10(6-4-9)7-8-11(13)12-2/h3,5H,4,6-8H2,1-2H3,(H,12,13). The van der Waals surface area contributed by atoms with Crippen LogP contribution < -0.4 is 5.32 Å². The fourth-order valence-electron chi connectivity index (χ4n) is 1.39. The molecule has 0 fully saturated rings. The second-order valence-corrected chi connectivity index (χ2v) is 3.51. The quantitative estimate of drug-likeness (QED) is 0.707. The van der Waals surface area contributed by atoms with Gasteiger partial charge in [0.1, 0.15) is 0 Å². The maximum atomic E-state index is 11.0. The van der Waals surface area contributed by atoms with Crippen LogP contribution in [-0.2, 0) is 4.79 Å². The molecule has 13 heavy (non-hydrogen) atoms. The molecule has 72 valence electrons. The molecule has 1 aliphatic rings. The number of carbonyl (C=O) groups is 1. The Balaban J connectivity index is 2.34. The summed E-state index contributed by atoms with van der Waals surface area (Å²) in [5.41, 5.74) is 2.83. The van der Waals surface area contributed by atoms with Crippen LogP contribution in [0.1, 0.15) is 32.6 Å². The minimum absolute atomic E-state index is 0.132. The molecule has 2 heteroatoms. The van der Waals surface area contributed by atoms with E-state index < -0.39 is 0 Å². The Labute approximate surface area is 79.7 Å². The molecule has 0 heterocycles. The van der Waals surface area contributed by atoms with E-state index in [2.05, 4.69) is 24.4 Å². The molecule has 1 rings (SSSR count). The van der Waals surface area contributed by atoms with E-state index in [9.17, 15) is 4.79 Å². The van der Waals surface area contributed by atoms with Crippen LogP contribution in [0.3, 0.4) is 0 Å². The van der Waals surface area contributed by atoms with E-state index in [4.69, 9.17) is 0 Å². The van der Waals surface area contributed by atoms with Crippen molar-refractivity contribution in [3.05, 3.63) is 23.3 Å². The molecule has 0 atom stereocenters. The highest BCUT2D eigenvalue weighted by Gasteiger charge is 2.05. The van der Waals surface area contributed by atoms with Crippen LogP contribution in [0.4, 0.5) is 0 Å². The first-order chi connectivity index (χ1) is 6.22. The van der Waals surface area contributed by atoms with Crippen molar-refractivity contribution >= 4 is 5.91 Å². The Morgan fingerprint density at radius 2 is 2.23 bits per heavy atom. The third kappa shape index (κ3) is 3.45. The summed E-state index contributed by atoms with van der Waals surface area (Å²) < 4.78 is 0. The fourth-order valence-corrected chi connectivity index (χ4v) is 1.39. The molecular formula is C11H17NO. The molecular weight excluding hydrogens is 162 g/mol. The molecule has 2 nitrogen and oxygen atoms in total. The molecule has 0 bridgehead atoms. The van der Waals surface area contributed by atoms with Crippen LogP contribution >= 0.6 is 0 Å². The Kier molecular flexibility index (Phi) is 3.74. The van der Waals surface area contributed by atoms with Crippen molar-refractivity contribution in [1.82, 2.24) is 5.32 Å². The topological polar surface area (TPSA) is 29.1 Å². The van der Waals surface area contributed by atoms with Crippen molar-refractivity contribution in [3.63, 3.8) is 0 Å². The molecule has 0 aromatic carbocycles. The van der Waals surface area contributed by atoms with Crippen molar-refractivity contribution in [2.75, 3.05) is 7.05 Å². The minimum atomic E-state index is 0.132. The number of hydrogen-bond acceptors (Lipinski definition) is 1. The summed E-state index contributed by atoms with van der Waals surface area (Å²) in [6, 6.07) is 0. The molecule has 1 amide bonds. The number of nitrogens with one attached hydrogen (secondary N) is 1. The first-order valence-electron chi connectivity index (χ1n) is 4.78. The first kappa shape index (κ1) is 10.0. The first-order valence-corrected chi connectivity index (χ1v) is 4.78. The molecule has 0 unspecified atom stereocenters. The highest BCUT2D eigenvalue weighted by Crippen LogP contribution is 2.20. The summed E-state index contributed by atoms with van der Waals surface area (Å²) in [4.78, 5) is 11.0. The van der Waals surface area contributed by atoms with Gasteiger partial charge in [0, 0.05) is 13.5 Å². The summed E-state index contributed by atoms with van der Waals surface area (Å²) in [6.45, 7) is 2.14. The SMILES string of the molecule is CNC(=O)CCC1=CC=C(C)CC1. The maximum Gasteiger partial charge on any atom is 0.220 e. The summed E-state index contributed by atoms with van der Waals surface area (Å²) in [5, 5.41) is 2.63. The fraction of sp³-hybridized carbons (Fsp3) is 0.545. The van der Waals surface area contributed by atoms with Gasteiger partial charge in [0.05, 0.1) is 0 Å². The van der Waals surface area contributed by atoms with Gasteiger partial charge >= 0.3 is 0 Å². The van der Waals surface area contributed by atoms with Crippen LogP contribution in [0.5, 0.6) is 0 Å². The molecule has 0 saturated heterocycles. The van der Waals surface area contributed by atoms with Crippen LogP contribution in [0, 0.1) is 0 Å². The third-order valence-electron chi connectivity index (χ3n) is 2.40. The summed E-state index contributed by atoms with van der Waals surface area (Å²) >= 11 is 0. The van der Waals surface area contributed by atoms with Crippen LogP contribution in [0.25, 0.3) is 0 Å². The Morgan fingerprint density at radius 3 is 2.77 bits per heavy atom. The van der Waals surface area contributed by atoms with Gasteiger partial charge in [0.2, 0.25) is 5.91 Å². The molecule has 0 radical (unpaired) electrons. The largest absolute Gasteiger partial charge is 0.359 e. The molecule has 0 aliphatic heterocycles. The van der Waals surface area contributed by atoms with Crippen LogP contribution in [0.2, 0.25) is 0 Å². The van der Waals surface area contributed by atoms with Gasteiger partial charge in [-0.25, -0.2) is 0 Å². The Hall–Kier alpha value is -1.05. The van der Waals surface area contributed by atoms with Gasteiger partial charge in [-0.15, -0.1) is 0 Å². The lowest BCUT2D eigenvalue weighted by atomic mass is 9.96. The van der Waals surface area contributed by atoms with Crippen molar-refractivity contribution < 1.29 is 4.79 Å². The smallest absolute Gasteiger partial charge is 0.220 e. The molecule has 0 aromatic rings. The van der Waals surface area contributed by atoms with Gasteiger partial charge in [-0.3, -0.25) is 4.79 Å². The Bertz CT molecular complexity index is 251. The van der Waals surface area contributed by atoms with E-state index in [1.165, 1.54) is 11.1 Å². The van der Waals surface area contributed by atoms with Crippen molar-refractivity contribution in [2.45, 2.75) is 32.6 Å². The molecule has 0 spiro atoms. The molecule has 1 N–H and O–H groups in total. The summed E-state index contributed by atoms with van der Waals surface area (Å²) in [5.74, 6) is 0.132. The highest BCUT2D eigenvalue weighted by molar-refractivity contribution is 5.75. The Morgan fingerprint density at radius 1 is 1.46 bits per heavy atom. The van der Waals surface area contributed by atoms with Crippen molar-refractivity contribution in [2.24, 2.45) is 0 Å². The van der Waals surface area contributed by atoms with Gasteiger partial charge in [-0.2, -0.15) is 0 Å². The van der Waals surface area contributed by atoms with Gasteiger partial charge in [-0.1, -0.05) is 23.3 Å². The molecule has 1 aliphatic carbocycles. The third-order valence-corrected chi connectivity index (χ3v) is 2.40. The molecule has 0 aromatic heterocycles. The number of hydrogen-bond donors (Lipinski definition) is 1. The second kappa shape index (κ2) is 4.85. The van der Waals surface area contributed by atoms with Gasteiger partial charge in [0.15, 0.2) is 0 Å². The zero-order valence-corrected chi connectivity index (χ0v) is 8.39. The normalized spacial score (nSPS) is 16.2. The number of carbonyl (C=O) groups excluding carboxylic acids is 1. The second-order valence-electron chi connectivity index (χ2n) is 3.51. The van der Waals surface area contributed by atoms with Gasteiger partial charge in [0.25, 0.3) is 0 Å². The van der Waals surface area contributed by atoms with Crippen LogP contribution in [-0.4, -0.2) is 13.0 Å². The van der Waals surface area contributed by atoms with E-state index in [1.807, 2.05) is 0 Å². The predicted molar refractivity (Wildman–Crippen MR) is 54.4 cm³/mol. The van der Waals surface area contributed by atoms with E-state index >= 15 is 0 Å². The lowest BCUT2D eigenvalue weighted by molar-refractivity contribution is -0.120. The zero-order chi connectivity index (χ0) is 9.68. The summed E-state index contributed by atoms with van der Waals surface area (Å²) in [6.07, 6.45) is 8.11. The van der Waals surface area contributed by atoms with Gasteiger partial charge in [-0.05, 0) is 26.2 Å². The van der Waals surface area contributed by atoms with Crippen LogP contribution in [0.15, 0.2) is 23.3 Å². The number of allylic oxidation sites excluding steroid dienone is 4. The lowest BCUT2D eigenvalue weighted by Gasteiger charge is -2.11. The zero-order valence-electron chi connectivity index (χ0n) is 8.39. The summed E-state index contributed by atoms with van der Waals surface area (Å²) in [7, 11) is 1.68. The minimum Gasteiger partial charge on any atom is -0.359 e. The van der Waals surface area contributed by atoms with E-state index in [1.54, 1.807) is 7.05 Å². The number of amides is 1. The highest BCUT2D eigenvalue weighted by atomic mass is 16.1. The van der Waals surface area contributed by atoms with Crippen molar-refractivity contribution in [3.8, 4) is 0 Å². The average molecular weight is 179 g/mol. The lowest BCUT2D eigenvalue weighted by Crippen LogP contribution is -2.17. The number of rotatable bonds is 3. The average Bonchev–Trinajstić information content (AvgIpc) is 2.16.